The highest BCUT2D eigenvalue weighted by molar-refractivity contribution is 5.85. The number of aliphatic hydroxyl groups excluding tert-OH is 1. The number of aromatic nitrogens is 10. The van der Waals surface area contributed by atoms with Crippen molar-refractivity contribution >= 4 is 53.0 Å². The van der Waals surface area contributed by atoms with Gasteiger partial charge in [0.25, 0.3) is 0 Å². The van der Waals surface area contributed by atoms with Gasteiger partial charge in [0.2, 0.25) is 29.7 Å². The van der Waals surface area contributed by atoms with Crippen molar-refractivity contribution in [2.24, 2.45) is 23.1 Å². The number of aromatic amines is 1. The second-order valence-corrected chi connectivity index (χ2v) is 18.1. The number of nitrogens with zero attached hydrogens (tertiary/aromatic N) is 13. The third-order valence-corrected chi connectivity index (χ3v) is 13.2. The third kappa shape index (κ3) is 15.3. The van der Waals surface area contributed by atoms with Crippen molar-refractivity contribution in [2.45, 2.75) is 70.1 Å². The van der Waals surface area contributed by atoms with Gasteiger partial charge in [-0.05, 0) is 49.2 Å². The van der Waals surface area contributed by atoms with Crippen molar-refractivity contribution in [1.29, 1.82) is 0 Å². The molecule has 2 amide bonds. The molecule has 5 aromatic rings. The number of fused-ring (bicyclic) bond motifs is 1. The fourth-order valence-electron chi connectivity index (χ4n) is 8.64. The molecule has 24 nitrogen and oxygen atoms in total. The summed E-state index contributed by atoms with van der Waals surface area (Å²) in [5.41, 5.74) is 21.4. The van der Waals surface area contributed by atoms with Crippen LogP contribution in [0.3, 0.4) is 0 Å². The number of nitrogens with one attached hydrogen (secondary N) is 2. The highest BCUT2D eigenvalue weighted by atomic mass is 35.5. The minimum Gasteiger partial charge on any atom is -0.394 e. The maximum Gasteiger partial charge on any atom is 0.248 e. The lowest BCUT2D eigenvalue weighted by atomic mass is 9.98. The fourth-order valence-corrected chi connectivity index (χ4v) is 8.64. The van der Waals surface area contributed by atoms with Crippen molar-refractivity contribution in [2.75, 3.05) is 127 Å². The summed E-state index contributed by atoms with van der Waals surface area (Å²) in [5.74, 6) is 3.76. The zero-order chi connectivity index (χ0) is 50.8. The van der Waals surface area contributed by atoms with Gasteiger partial charge in [0.1, 0.15) is 24.4 Å². The number of H-pyrrole nitrogens is 1. The second-order valence-electron chi connectivity index (χ2n) is 18.1. The minimum atomic E-state index is -0.700. The Labute approximate surface area is 432 Å². The average molecular weight is 1030 g/mol. The maximum absolute atomic E-state index is 14.7. The Bertz CT molecular complexity index is 2470. The van der Waals surface area contributed by atoms with Crippen LogP contribution >= 0.6 is 12.4 Å². The molecule has 25 heteroatoms. The van der Waals surface area contributed by atoms with E-state index in [0.717, 1.165) is 35.9 Å². The number of anilines is 3. The molecule has 2 saturated heterocycles. The number of amides is 2. The van der Waals surface area contributed by atoms with Gasteiger partial charge in [-0.2, -0.15) is 15.0 Å². The standard InChI is InChI=1S/C48H72N18O6.ClH/c1-4-23-70-25-27-72-28-26-71-24-14-52-46-54-47(63-19-15-61(16-20-63)44(68)41(12-8-9-13-49)65-31-39(57-59-65)37(50)33-67)56-48(55-46)64-21-17-62(18-22-64)45(69)42(30-36-29-35-10-6-7-11-38(35)53-36)66-32-40(58-60-66)43(51)34(3)5-2;/h1,6-7,10-11,29,31-32,34,37,41-43,53,67H,5,8-9,12-28,30,33,49-51H2,2-3H3,(H,52,54,55,56);1H/t34?,37-,41-,42-,43-;/m0./s1. The summed E-state index contributed by atoms with van der Waals surface area (Å²) in [4.78, 5) is 54.8. The van der Waals surface area contributed by atoms with Crippen LogP contribution in [0.25, 0.3) is 10.9 Å². The lowest BCUT2D eigenvalue weighted by molar-refractivity contribution is -0.136. The number of carbonyl (C=O) groups excluding carboxylic acids is 2. The van der Waals surface area contributed by atoms with Gasteiger partial charge >= 0.3 is 0 Å². The predicted octanol–water partition coefficient (Wildman–Crippen LogP) is 1.24. The Kier molecular flexibility index (Phi) is 21.9. The topological polar surface area (TPSA) is 301 Å². The van der Waals surface area contributed by atoms with Gasteiger partial charge < -0.3 is 66.4 Å². The molecule has 398 valence electrons. The Hall–Kier alpha value is -6.04. The molecule has 4 aromatic heterocycles. The molecule has 6 heterocycles. The molecule has 2 aliphatic rings. The number of hydrogen-bond donors (Lipinski definition) is 6. The molecule has 1 aromatic carbocycles. The molecule has 5 atom stereocenters. The number of para-hydroxylation sites is 1. The zero-order valence-corrected chi connectivity index (χ0v) is 42.8. The van der Waals surface area contributed by atoms with Crippen LogP contribution in [0.4, 0.5) is 17.8 Å². The number of aliphatic hydroxyl groups is 1. The van der Waals surface area contributed by atoms with Crippen LogP contribution < -0.4 is 32.3 Å². The van der Waals surface area contributed by atoms with Crippen molar-refractivity contribution in [3.05, 3.63) is 59.8 Å². The summed E-state index contributed by atoms with van der Waals surface area (Å²) < 4.78 is 19.8. The second kappa shape index (κ2) is 28.4. The smallest absolute Gasteiger partial charge is 0.248 e. The van der Waals surface area contributed by atoms with Crippen molar-refractivity contribution in [3.8, 4) is 12.3 Å². The zero-order valence-electron chi connectivity index (χ0n) is 42.0. The molecule has 7 rings (SSSR count). The Morgan fingerprint density at radius 1 is 0.822 bits per heavy atom. The van der Waals surface area contributed by atoms with Crippen molar-refractivity contribution in [3.63, 3.8) is 0 Å². The number of halogens is 1. The van der Waals surface area contributed by atoms with Gasteiger partial charge in [-0.15, -0.1) is 29.0 Å². The van der Waals surface area contributed by atoms with E-state index in [1.807, 2.05) is 45.2 Å². The van der Waals surface area contributed by atoms with Gasteiger partial charge in [-0.25, -0.2) is 9.36 Å². The third-order valence-electron chi connectivity index (χ3n) is 13.2. The monoisotopic (exact) mass is 1030 g/mol. The fraction of sp³-hybridized carbons (Fsp3) is 0.604. The van der Waals surface area contributed by atoms with Crippen LogP contribution in [0.1, 0.15) is 80.8 Å². The quantitative estimate of drug-likeness (QED) is 0.0303. The SMILES string of the molecule is C#CCOCCOCCOCCNc1nc(N2CCN(C(=O)[C@H](Cc3cc4ccccc4[nH]3)n3cc([C@@H](N)C(C)CC)nn3)CC2)nc(N2CCN(C(=O)[C@H](CCCCN)n3cc([C@@H](N)CO)nn3)CC2)n1.Cl. The highest BCUT2D eigenvalue weighted by Crippen LogP contribution is 2.27. The summed E-state index contributed by atoms with van der Waals surface area (Å²) in [6.07, 6.45) is 11.9. The number of ether oxygens (including phenoxy) is 3. The largest absolute Gasteiger partial charge is 0.394 e. The molecule has 2 fully saturated rings. The number of unbranched alkanes of at least 4 members (excludes halogenated alkanes) is 1. The van der Waals surface area contributed by atoms with Crippen molar-refractivity contribution in [1.82, 2.24) is 59.7 Å². The summed E-state index contributed by atoms with van der Waals surface area (Å²) >= 11 is 0. The van der Waals surface area contributed by atoms with Gasteiger partial charge in [0, 0.05) is 76.5 Å². The van der Waals surface area contributed by atoms with E-state index in [9.17, 15) is 14.7 Å². The van der Waals surface area contributed by atoms with Crippen LogP contribution in [0.5, 0.6) is 0 Å². The first kappa shape index (κ1) is 56.3. The maximum atomic E-state index is 14.7. The molecule has 73 heavy (non-hydrogen) atoms. The number of terminal acetylenes is 1. The van der Waals surface area contributed by atoms with E-state index < -0.39 is 18.1 Å². The van der Waals surface area contributed by atoms with Crippen LogP contribution in [-0.2, 0) is 30.2 Å². The number of piperazine rings is 2. The molecular formula is C48H73ClN18O6. The Morgan fingerprint density at radius 3 is 2.03 bits per heavy atom. The Morgan fingerprint density at radius 2 is 1.41 bits per heavy atom. The van der Waals surface area contributed by atoms with Gasteiger partial charge in [0.05, 0.1) is 69.8 Å². The first-order chi connectivity index (χ1) is 35.1. The number of benzene rings is 1. The van der Waals surface area contributed by atoms with E-state index in [-0.39, 0.29) is 49.4 Å². The first-order valence-corrected chi connectivity index (χ1v) is 25.1. The molecule has 9 N–H and O–H groups in total. The highest BCUT2D eigenvalue weighted by Gasteiger charge is 2.34. The van der Waals surface area contributed by atoms with E-state index >= 15 is 0 Å². The lowest BCUT2D eigenvalue weighted by Crippen LogP contribution is -2.52. The Balaban J connectivity index is 0.00000869. The molecular weight excluding hydrogens is 960 g/mol. The molecule has 0 spiro atoms. The average Bonchev–Trinajstić information content (AvgIpc) is 4.21. The van der Waals surface area contributed by atoms with Gasteiger partial charge in [-0.1, -0.05) is 54.8 Å². The van der Waals surface area contributed by atoms with E-state index in [1.165, 1.54) is 0 Å². The lowest BCUT2D eigenvalue weighted by Gasteiger charge is -2.38. The minimum absolute atomic E-state index is 0. The molecule has 1 unspecified atom stereocenters. The van der Waals surface area contributed by atoms with E-state index in [2.05, 4.69) is 61.7 Å². The van der Waals surface area contributed by atoms with Crippen LogP contribution in [-0.4, -0.2) is 188 Å². The summed E-state index contributed by atoms with van der Waals surface area (Å²) in [6.45, 7) is 10.6. The number of nitrogens with two attached hydrogens (primary N) is 3. The number of rotatable bonds is 28. The van der Waals surface area contributed by atoms with Gasteiger partial charge in [0.15, 0.2) is 0 Å². The van der Waals surface area contributed by atoms with Crippen LogP contribution in [0.2, 0.25) is 0 Å². The predicted molar refractivity (Wildman–Crippen MR) is 278 cm³/mol. The summed E-state index contributed by atoms with van der Waals surface area (Å²) in [7, 11) is 0. The van der Waals surface area contributed by atoms with Crippen LogP contribution in [0, 0.1) is 18.3 Å². The van der Waals surface area contributed by atoms with Crippen molar-refractivity contribution < 1.29 is 28.9 Å². The number of carbonyl (C=O) groups is 2. The summed E-state index contributed by atoms with van der Waals surface area (Å²) in [5, 5.41) is 31.2. The van der Waals surface area contributed by atoms with Gasteiger partial charge in [-0.3, -0.25) is 9.59 Å². The molecule has 0 radical (unpaired) electrons. The molecule has 2 aliphatic heterocycles. The first-order valence-electron chi connectivity index (χ1n) is 25.1. The van der Waals surface area contributed by atoms with Crippen LogP contribution in [0.15, 0.2) is 42.7 Å². The summed E-state index contributed by atoms with van der Waals surface area (Å²) in [6, 6.07) is 7.84. The van der Waals surface area contributed by atoms with E-state index in [1.54, 1.807) is 15.6 Å². The molecule has 0 bridgehead atoms. The molecule has 0 saturated carbocycles. The molecule has 0 aliphatic carbocycles. The number of hydrogen-bond acceptors (Lipinski definition) is 19. The normalized spacial score (nSPS) is 16.2. The van der Waals surface area contributed by atoms with E-state index in [0.29, 0.717) is 141 Å². The van der Waals surface area contributed by atoms with E-state index in [4.69, 9.17) is 52.8 Å².